The highest BCUT2D eigenvalue weighted by molar-refractivity contribution is 7.94. The Kier molecular flexibility index (Phi) is 5.19. The van der Waals surface area contributed by atoms with E-state index in [0.717, 1.165) is 11.1 Å². The van der Waals surface area contributed by atoms with E-state index in [9.17, 15) is 8.42 Å². The monoisotopic (exact) mass is 360 g/mol. The van der Waals surface area contributed by atoms with Crippen molar-refractivity contribution in [3.63, 3.8) is 0 Å². The fraction of sp³-hybridized carbons (Fsp3) is 0.400. The first-order valence-corrected chi connectivity index (χ1v) is 9.87. The lowest BCUT2D eigenvalue weighted by atomic mass is 9.87. The summed E-state index contributed by atoms with van der Waals surface area (Å²) in [5.41, 5.74) is 3.44. The van der Waals surface area contributed by atoms with Gasteiger partial charge in [-0.1, -0.05) is 65.8 Å². The van der Waals surface area contributed by atoms with Crippen LogP contribution in [-0.2, 0) is 21.0 Å². The third kappa shape index (κ3) is 5.49. The minimum absolute atomic E-state index is 0.0322. The quantitative estimate of drug-likeness (QED) is 0.801. The molecule has 2 N–H and O–H groups in total. The maximum Gasteiger partial charge on any atom is 0.321 e. The van der Waals surface area contributed by atoms with Gasteiger partial charge >= 0.3 is 10.2 Å². The van der Waals surface area contributed by atoms with E-state index in [4.69, 9.17) is 0 Å². The van der Waals surface area contributed by atoms with Crippen LogP contribution in [0.2, 0.25) is 0 Å². The molecule has 0 radical (unpaired) electrons. The molecular weight excluding hydrogens is 332 g/mol. The molecule has 0 saturated carbocycles. The molecule has 0 amide bonds. The van der Waals surface area contributed by atoms with Crippen LogP contribution in [0.25, 0.3) is 0 Å². The van der Waals surface area contributed by atoms with E-state index in [-0.39, 0.29) is 10.8 Å². The minimum Gasteiger partial charge on any atom is -0.267 e. The average molecular weight is 361 g/mol. The van der Waals surface area contributed by atoms with Gasteiger partial charge in [0.2, 0.25) is 0 Å². The van der Waals surface area contributed by atoms with Gasteiger partial charge in [-0.3, -0.25) is 9.44 Å². The van der Waals surface area contributed by atoms with Crippen LogP contribution >= 0.6 is 0 Å². The summed E-state index contributed by atoms with van der Waals surface area (Å²) in [5, 5.41) is 0. The van der Waals surface area contributed by atoms with Crippen molar-refractivity contribution in [2.75, 3.05) is 9.44 Å². The summed E-state index contributed by atoms with van der Waals surface area (Å²) in [6.45, 7) is 12.7. The molecule has 0 atom stereocenters. The molecule has 0 aromatic heterocycles. The first kappa shape index (κ1) is 19.3. The van der Waals surface area contributed by atoms with E-state index < -0.39 is 10.2 Å². The van der Waals surface area contributed by atoms with Gasteiger partial charge in [0.25, 0.3) is 0 Å². The minimum atomic E-state index is -3.68. The third-order valence-electron chi connectivity index (χ3n) is 4.01. The van der Waals surface area contributed by atoms with Crippen LogP contribution in [0.3, 0.4) is 0 Å². The van der Waals surface area contributed by atoms with Gasteiger partial charge in [0, 0.05) is 0 Å². The molecule has 0 saturated heterocycles. The SMILES string of the molecule is CC(C)(C)c1ccc(NS(=O)(=O)Nc2ccc(C(C)(C)C)cc2)cc1. The smallest absolute Gasteiger partial charge is 0.267 e. The molecule has 0 fully saturated rings. The number of hydrogen-bond acceptors (Lipinski definition) is 2. The van der Waals surface area contributed by atoms with Gasteiger partial charge in [-0.25, -0.2) is 0 Å². The number of hydrogen-bond donors (Lipinski definition) is 2. The normalized spacial score (nSPS) is 12.7. The van der Waals surface area contributed by atoms with Gasteiger partial charge in [-0.15, -0.1) is 0 Å². The lowest BCUT2D eigenvalue weighted by Gasteiger charge is -2.20. The molecule has 136 valence electrons. The van der Waals surface area contributed by atoms with Crippen LogP contribution in [0.5, 0.6) is 0 Å². The molecule has 0 aliphatic heterocycles. The fourth-order valence-corrected chi connectivity index (χ4v) is 3.36. The Bertz CT molecular complexity index is 744. The lowest BCUT2D eigenvalue weighted by Crippen LogP contribution is -2.22. The van der Waals surface area contributed by atoms with Crippen LogP contribution in [0.1, 0.15) is 52.7 Å². The summed E-state index contributed by atoms with van der Waals surface area (Å²) in [4.78, 5) is 0. The molecule has 0 aliphatic carbocycles. The molecule has 2 aromatic rings. The predicted molar refractivity (Wildman–Crippen MR) is 106 cm³/mol. The zero-order valence-electron chi connectivity index (χ0n) is 15.8. The molecule has 0 unspecified atom stereocenters. The second-order valence-electron chi connectivity index (χ2n) is 8.36. The van der Waals surface area contributed by atoms with Crippen molar-refractivity contribution in [2.24, 2.45) is 0 Å². The molecular formula is C20H28N2O2S. The van der Waals surface area contributed by atoms with Gasteiger partial charge in [0.15, 0.2) is 0 Å². The van der Waals surface area contributed by atoms with E-state index in [0.29, 0.717) is 11.4 Å². The molecule has 0 heterocycles. The van der Waals surface area contributed by atoms with E-state index in [1.54, 1.807) is 24.3 Å². The maximum absolute atomic E-state index is 12.3. The Morgan fingerprint density at radius 2 is 0.880 bits per heavy atom. The Morgan fingerprint density at radius 1 is 0.600 bits per heavy atom. The Morgan fingerprint density at radius 3 is 1.12 bits per heavy atom. The van der Waals surface area contributed by atoms with Crippen molar-refractivity contribution in [2.45, 2.75) is 52.4 Å². The highest BCUT2D eigenvalue weighted by Crippen LogP contribution is 2.25. The number of benzene rings is 2. The molecule has 5 heteroatoms. The molecule has 2 aromatic carbocycles. The fourth-order valence-electron chi connectivity index (χ4n) is 2.41. The lowest BCUT2D eigenvalue weighted by molar-refractivity contribution is 0.590. The Hall–Kier alpha value is -2.01. The largest absolute Gasteiger partial charge is 0.321 e. The average Bonchev–Trinajstić information content (AvgIpc) is 2.45. The van der Waals surface area contributed by atoms with Crippen molar-refractivity contribution in [1.29, 1.82) is 0 Å². The molecule has 25 heavy (non-hydrogen) atoms. The first-order chi connectivity index (χ1) is 11.4. The molecule has 4 nitrogen and oxygen atoms in total. The van der Waals surface area contributed by atoms with Crippen molar-refractivity contribution < 1.29 is 8.42 Å². The van der Waals surface area contributed by atoms with Crippen LogP contribution in [0.4, 0.5) is 11.4 Å². The topological polar surface area (TPSA) is 58.2 Å². The van der Waals surface area contributed by atoms with Gasteiger partial charge in [0.1, 0.15) is 0 Å². The summed E-state index contributed by atoms with van der Waals surface area (Å²) in [6.07, 6.45) is 0. The summed E-state index contributed by atoms with van der Waals surface area (Å²) < 4.78 is 29.7. The third-order valence-corrected chi connectivity index (χ3v) is 5.02. The molecule has 0 bridgehead atoms. The highest BCUT2D eigenvalue weighted by atomic mass is 32.2. The summed E-state index contributed by atoms with van der Waals surface area (Å²) in [7, 11) is -3.68. The second kappa shape index (κ2) is 6.71. The number of rotatable bonds is 4. The van der Waals surface area contributed by atoms with E-state index in [1.807, 2.05) is 24.3 Å². The number of anilines is 2. The Labute approximate surface area is 151 Å². The van der Waals surface area contributed by atoms with Gasteiger partial charge in [0.05, 0.1) is 11.4 Å². The van der Waals surface area contributed by atoms with Crippen LogP contribution in [0, 0.1) is 0 Å². The molecule has 2 rings (SSSR count). The zero-order valence-corrected chi connectivity index (χ0v) is 16.7. The van der Waals surface area contributed by atoms with E-state index >= 15 is 0 Å². The predicted octanol–water partition coefficient (Wildman–Crippen LogP) is 5.05. The van der Waals surface area contributed by atoms with Gasteiger partial charge in [-0.05, 0) is 46.2 Å². The summed E-state index contributed by atoms with van der Waals surface area (Å²) in [6, 6.07) is 14.9. The van der Waals surface area contributed by atoms with Crippen molar-refractivity contribution >= 4 is 21.6 Å². The van der Waals surface area contributed by atoms with Crippen LogP contribution in [-0.4, -0.2) is 8.42 Å². The maximum atomic E-state index is 12.3. The van der Waals surface area contributed by atoms with Crippen molar-refractivity contribution in [3.8, 4) is 0 Å². The number of nitrogens with one attached hydrogen (secondary N) is 2. The second-order valence-corrected chi connectivity index (χ2v) is 9.78. The highest BCUT2D eigenvalue weighted by Gasteiger charge is 2.16. The van der Waals surface area contributed by atoms with Crippen LogP contribution in [0.15, 0.2) is 48.5 Å². The first-order valence-electron chi connectivity index (χ1n) is 8.38. The van der Waals surface area contributed by atoms with E-state index in [2.05, 4.69) is 51.0 Å². The van der Waals surface area contributed by atoms with Crippen molar-refractivity contribution in [3.05, 3.63) is 59.7 Å². The van der Waals surface area contributed by atoms with Gasteiger partial charge < -0.3 is 0 Å². The van der Waals surface area contributed by atoms with E-state index in [1.165, 1.54) is 0 Å². The summed E-state index contributed by atoms with van der Waals surface area (Å²) >= 11 is 0. The summed E-state index contributed by atoms with van der Waals surface area (Å²) in [5.74, 6) is 0. The van der Waals surface area contributed by atoms with Gasteiger partial charge in [-0.2, -0.15) is 8.42 Å². The molecule has 0 aliphatic rings. The van der Waals surface area contributed by atoms with Crippen molar-refractivity contribution in [1.82, 2.24) is 0 Å². The zero-order chi connectivity index (χ0) is 18.9. The Balaban J connectivity index is 2.09. The van der Waals surface area contributed by atoms with Crippen LogP contribution < -0.4 is 9.44 Å². The molecule has 0 spiro atoms. The standard InChI is InChI=1S/C20H28N2O2S/c1-19(2,3)15-7-11-17(12-8-15)21-25(23,24)22-18-13-9-16(10-14-18)20(4,5)6/h7-14,21-22H,1-6H3.